The van der Waals surface area contributed by atoms with Crippen LogP contribution in [-0.2, 0) is 20.1 Å². The summed E-state index contributed by atoms with van der Waals surface area (Å²) < 4.78 is 4.58. The first-order valence-electron chi connectivity index (χ1n) is 10.7. The van der Waals surface area contributed by atoms with Gasteiger partial charge in [-0.15, -0.1) is 5.92 Å². The number of nitrogens with zero attached hydrogens (tertiary/aromatic N) is 5. The highest BCUT2D eigenvalue weighted by Crippen LogP contribution is 2.26. The van der Waals surface area contributed by atoms with E-state index in [9.17, 15) is 14.9 Å². The first-order valence-corrected chi connectivity index (χ1v) is 10.7. The third-order valence-electron chi connectivity index (χ3n) is 6.04. The number of rotatable bonds is 4. The number of aromatic nitrogens is 3. The summed E-state index contributed by atoms with van der Waals surface area (Å²) in [6, 6.07) is 11.1. The van der Waals surface area contributed by atoms with E-state index < -0.39 is 5.69 Å². The van der Waals surface area contributed by atoms with E-state index >= 15 is 0 Å². The number of nitrogens with two attached hydrogens (primary N) is 1. The molecule has 0 spiro atoms. The molecule has 3 heterocycles. The van der Waals surface area contributed by atoms with E-state index in [1.165, 1.54) is 9.13 Å². The van der Waals surface area contributed by atoms with E-state index in [4.69, 9.17) is 5.73 Å². The quantitative estimate of drug-likeness (QED) is 0.630. The molecular formula is C24H26N6O2. The van der Waals surface area contributed by atoms with Crippen LogP contribution in [-0.4, -0.2) is 32.8 Å². The zero-order valence-corrected chi connectivity index (χ0v) is 18.3. The molecule has 8 nitrogen and oxygen atoms in total. The molecule has 0 bridgehead atoms. The summed E-state index contributed by atoms with van der Waals surface area (Å²) in [6.07, 6.45) is 1.94. The van der Waals surface area contributed by atoms with Gasteiger partial charge in [0.1, 0.15) is 11.3 Å². The summed E-state index contributed by atoms with van der Waals surface area (Å²) in [5.74, 6) is 6.80. The van der Waals surface area contributed by atoms with E-state index in [-0.39, 0.29) is 18.1 Å². The molecule has 0 amide bonds. The van der Waals surface area contributed by atoms with Crippen molar-refractivity contribution < 1.29 is 0 Å². The van der Waals surface area contributed by atoms with Crippen LogP contribution >= 0.6 is 0 Å². The average Bonchev–Trinajstić information content (AvgIpc) is 3.19. The smallest absolute Gasteiger partial charge is 0.331 e. The maximum Gasteiger partial charge on any atom is 0.331 e. The molecule has 32 heavy (non-hydrogen) atoms. The molecule has 8 heteroatoms. The second-order valence-corrected chi connectivity index (χ2v) is 8.10. The molecule has 1 atom stereocenters. The molecule has 0 unspecified atom stereocenters. The van der Waals surface area contributed by atoms with Crippen LogP contribution in [0, 0.1) is 23.2 Å². The van der Waals surface area contributed by atoms with Crippen molar-refractivity contribution >= 4 is 16.9 Å². The summed E-state index contributed by atoms with van der Waals surface area (Å²) in [4.78, 5) is 28.9. The number of hydrogen-bond acceptors (Lipinski definition) is 5. The number of piperidine rings is 1. The SMILES string of the molecule is CC#CCn1c(N2CCC[C@@H](N)C2)cc2c1c(=O)n(Cc1ccccc1C#N)c(=O)n2C. The van der Waals surface area contributed by atoms with Crippen LogP contribution in [0.4, 0.5) is 5.82 Å². The van der Waals surface area contributed by atoms with Gasteiger partial charge in [-0.1, -0.05) is 24.1 Å². The minimum Gasteiger partial charge on any atom is -0.356 e. The lowest BCUT2D eigenvalue weighted by atomic mass is 10.1. The summed E-state index contributed by atoms with van der Waals surface area (Å²) in [7, 11) is 1.67. The summed E-state index contributed by atoms with van der Waals surface area (Å²) in [5.41, 5.74) is 7.46. The fourth-order valence-corrected chi connectivity index (χ4v) is 4.38. The zero-order chi connectivity index (χ0) is 22.8. The second-order valence-electron chi connectivity index (χ2n) is 8.10. The lowest BCUT2D eigenvalue weighted by Crippen LogP contribution is -2.43. The van der Waals surface area contributed by atoms with Crippen molar-refractivity contribution in [3.63, 3.8) is 0 Å². The molecule has 2 N–H and O–H groups in total. The van der Waals surface area contributed by atoms with Crippen molar-refractivity contribution in [1.82, 2.24) is 13.7 Å². The normalized spacial score (nSPS) is 15.9. The first kappa shape index (κ1) is 21.5. The molecular weight excluding hydrogens is 404 g/mol. The van der Waals surface area contributed by atoms with E-state index in [1.54, 1.807) is 38.2 Å². The second kappa shape index (κ2) is 8.78. The van der Waals surface area contributed by atoms with Crippen LogP contribution in [0.2, 0.25) is 0 Å². The molecule has 3 aromatic rings. The highest BCUT2D eigenvalue weighted by molar-refractivity contribution is 5.81. The zero-order valence-electron chi connectivity index (χ0n) is 18.3. The Hall–Kier alpha value is -3.75. The van der Waals surface area contributed by atoms with Crippen LogP contribution in [0.5, 0.6) is 0 Å². The lowest BCUT2D eigenvalue weighted by Gasteiger charge is -2.32. The van der Waals surface area contributed by atoms with Gasteiger partial charge in [-0.25, -0.2) is 4.79 Å². The summed E-state index contributed by atoms with van der Waals surface area (Å²) >= 11 is 0. The largest absolute Gasteiger partial charge is 0.356 e. The van der Waals surface area contributed by atoms with Gasteiger partial charge in [0.05, 0.1) is 30.2 Å². The van der Waals surface area contributed by atoms with Crippen molar-refractivity contribution in [3.8, 4) is 17.9 Å². The molecule has 0 radical (unpaired) electrons. The number of hydrogen-bond donors (Lipinski definition) is 1. The number of benzene rings is 1. The van der Waals surface area contributed by atoms with Crippen molar-refractivity contribution in [1.29, 1.82) is 5.26 Å². The van der Waals surface area contributed by atoms with Crippen LogP contribution in [0.1, 0.15) is 30.9 Å². The molecule has 0 aliphatic carbocycles. The molecule has 0 saturated carbocycles. The molecule has 4 rings (SSSR count). The Morgan fingerprint density at radius 1 is 1.22 bits per heavy atom. The Labute approximate surface area is 186 Å². The predicted molar refractivity (Wildman–Crippen MR) is 125 cm³/mol. The maximum absolute atomic E-state index is 13.6. The Kier molecular flexibility index (Phi) is 5.89. The minimum absolute atomic E-state index is 0.0275. The third kappa shape index (κ3) is 3.70. The molecule has 1 aliphatic rings. The Morgan fingerprint density at radius 2 is 2.00 bits per heavy atom. The van der Waals surface area contributed by atoms with Crippen LogP contribution in [0.25, 0.3) is 11.0 Å². The Balaban J connectivity index is 1.94. The van der Waals surface area contributed by atoms with Crippen molar-refractivity contribution in [2.45, 2.75) is 38.9 Å². The molecule has 1 fully saturated rings. The van der Waals surface area contributed by atoms with Crippen molar-refractivity contribution in [2.24, 2.45) is 12.8 Å². The predicted octanol–water partition coefficient (Wildman–Crippen LogP) is 1.37. The van der Waals surface area contributed by atoms with E-state index in [0.717, 1.165) is 25.2 Å². The molecule has 1 saturated heterocycles. The lowest BCUT2D eigenvalue weighted by molar-refractivity contribution is 0.499. The van der Waals surface area contributed by atoms with Gasteiger partial charge in [-0.3, -0.25) is 13.9 Å². The number of aryl methyl sites for hydroxylation is 1. The minimum atomic E-state index is -0.420. The van der Waals surface area contributed by atoms with Gasteiger partial charge in [-0.2, -0.15) is 5.26 Å². The third-order valence-corrected chi connectivity index (χ3v) is 6.04. The van der Waals surface area contributed by atoms with E-state index in [2.05, 4.69) is 22.8 Å². The van der Waals surface area contributed by atoms with Crippen LogP contribution in [0.15, 0.2) is 39.9 Å². The number of anilines is 1. The van der Waals surface area contributed by atoms with Gasteiger partial charge >= 0.3 is 5.69 Å². The monoisotopic (exact) mass is 430 g/mol. The molecule has 164 valence electrons. The summed E-state index contributed by atoms with van der Waals surface area (Å²) in [5, 5.41) is 9.42. The Bertz CT molecular complexity index is 1390. The van der Waals surface area contributed by atoms with Crippen LogP contribution < -0.4 is 21.9 Å². The molecule has 1 aromatic carbocycles. The van der Waals surface area contributed by atoms with Gasteiger partial charge in [0.2, 0.25) is 0 Å². The van der Waals surface area contributed by atoms with Gasteiger partial charge in [0.15, 0.2) is 0 Å². The fourth-order valence-electron chi connectivity index (χ4n) is 4.38. The van der Waals surface area contributed by atoms with Gasteiger partial charge in [0.25, 0.3) is 5.56 Å². The van der Waals surface area contributed by atoms with E-state index in [0.29, 0.717) is 35.2 Å². The number of nitriles is 1. The van der Waals surface area contributed by atoms with E-state index in [1.807, 2.05) is 10.6 Å². The fraction of sp³-hybridized carbons (Fsp3) is 0.375. The van der Waals surface area contributed by atoms with Gasteiger partial charge < -0.3 is 15.2 Å². The topological polar surface area (TPSA) is 102 Å². The Morgan fingerprint density at radius 3 is 2.72 bits per heavy atom. The first-order chi connectivity index (χ1) is 15.5. The highest BCUT2D eigenvalue weighted by Gasteiger charge is 2.24. The standard InChI is InChI=1S/C24H26N6O2/c1-3-4-12-29-21(28-11-7-10-19(26)16-28)13-20-22(29)23(31)30(24(32)27(20)2)15-18-9-6-5-8-17(18)14-25/h5-6,8-9,13,19H,7,10-12,15-16,26H2,1-2H3/t19-/m1/s1. The number of fused-ring (bicyclic) bond motifs is 1. The molecule has 1 aliphatic heterocycles. The van der Waals surface area contributed by atoms with Gasteiger partial charge in [0, 0.05) is 32.2 Å². The molecule has 2 aromatic heterocycles. The van der Waals surface area contributed by atoms with Crippen LogP contribution in [0.3, 0.4) is 0 Å². The highest BCUT2D eigenvalue weighted by atomic mass is 16.2. The van der Waals surface area contributed by atoms with Gasteiger partial charge in [-0.05, 0) is 31.4 Å². The average molecular weight is 431 g/mol. The summed E-state index contributed by atoms with van der Waals surface area (Å²) in [6.45, 7) is 3.65. The maximum atomic E-state index is 13.6. The van der Waals surface area contributed by atoms with Crippen molar-refractivity contribution in [3.05, 3.63) is 62.3 Å². The van der Waals surface area contributed by atoms with Crippen molar-refractivity contribution in [2.75, 3.05) is 18.0 Å².